The van der Waals surface area contributed by atoms with Crippen LogP contribution in [-0.4, -0.2) is 31.9 Å². The lowest BCUT2D eigenvalue weighted by Crippen LogP contribution is -2.11. The molecule has 0 spiro atoms. The molecule has 0 aliphatic carbocycles. The van der Waals surface area contributed by atoms with E-state index >= 15 is 0 Å². The van der Waals surface area contributed by atoms with Gasteiger partial charge >= 0.3 is 5.97 Å². The number of cyclic esters (lactones) is 1. The van der Waals surface area contributed by atoms with Crippen LogP contribution in [0.15, 0.2) is 36.4 Å². The van der Waals surface area contributed by atoms with Gasteiger partial charge in [0.25, 0.3) is 0 Å². The number of methoxy groups -OCH3 is 2. The third-order valence-corrected chi connectivity index (χ3v) is 4.29. The summed E-state index contributed by atoms with van der Waals surface area (Å²) in [6.07, 6.45) is -0.927. The van der Waals surface area contributed by atoms with Crippen molar-refractivity contribution in [1.82, 2.24) is 0 Å². The Hall–Kier alpha value is -2.73. The molecule has 26 heavy (non-hydrogen) atoms. The van der Waals surface area contributed by atoms with E-state index in [0.717, 1.165) is 12.2 Å². The molecule has 0 radical (unpaired) electrons. The van der Waals surface area contributed by atoms with E-state index in [-0.39, 0.29) is 0 Å². The van der Waals surface area contributed by atoms with E-state index in [0.29, 0.717) is 34.8 Å². The topological polar surface area (TPSA) is 74.2 Å². The van der Waals surface area contributed by atoms with E-state index in [1.165, 1.54) is 14.2 Å². The van der Waals surface area contributed by atoms with Gasteiger partial charge in [0.05, 0.1) is 20.8 Å². The number of ether oxygens (including phenoxy) is 4. The van der Waals surface area contributed by atoms with Crippen LogP contribution in [0, 0.1) is 0 Å². The van der Waals surface area contributed by atoms with Crippen LogP contribution in [0.1, 0.15) is 47.0 Å². The van der Waals surface area contributed by atoms with Crippen molar-refractivity contribution in [3.8, 4) is 17.2 Å². The van der Waals surface area contributed by atoms with Crippen LogP contribution in [0.25, 0.3) is 0 Å². The Balaban J connectivity index is 1.90. The number of aliphatic hydroxyl groups excluding tert-OH is 1. The Labute approximate surface area is 152 Å². The Morgan fingerprint density at radius 2 is 1.85 bits per heavy atom. The van der Waals surface area contributed by atoms with Crippen molar-refractivity contribution >= 4 is 5.97 Å². The van der Waals surface area contributed by atoms with Gasteiger partial charge in [0.1, 0.15) is 28.9 Å². The maximum absolute atomic E-state index is 12.3. The summed E-state index contributed by atoms with van der Waals surface area (Å²) in [6.45, 7) is 2.67. The average molecular weight is 358 g/mol. The molecule has 1 aliphatic heterocycles. The van der Waals surface area contributed by atoms with Crippen molar-refractivity contribution in [2.75, 3.05) is 20.8 Å². The van der Waals surface area contributed by atoms with Crippen molar-refractivity contribution in [3.05, 3.63) is 53.1 Å². The molecule has 2 unspecified atom stereocenters. The van der Waals surface area contributed by atoms with E-state index in [1.54, 1.807) is 36.4 Å². The molecule has 6 heteroatoms. The van der Waals surface area contributed by atoms with Crippen molar-refractivity contribution in [2.24, 2.45) is 0 Å². The molecule has 0 amide bonds. The molecule has 1 aliphatic rings. The third-order valence-electron chi connectivity index (χ3n) is 4.29. The monoisotopic (exact) mass is 358 g/mol. The molecule has 1 heterocycles. The maximum atomic E-state index is 12.3. The van der Waals surface area contributed by atoms with Gasteiger partial charge in [-0.1, -0.05) is 19.1 Å². The second kappa shape index (κ2) is 7.66. The minimum atomic E-state index is -1.02. The van der Waals surface area contributed by atoms with E-state index in [4.69, 9.17) is 18.9 Å². The fourth-order valence-electron chi connectivity index (χ4n) is 2.96. The van der Waals surface area contributed by atoms with Crippen LogP contribution >= 0.6 is 0 Å². The summed E-state index contributed by atoms with van der Waals surface area (Å²) in [4.78, 5) is 12.3. The van der Waals surface area contributed by atoms with E-state index in [2.05, 4.69) is 0 Å². The number of benzene rings is 2. The molecule has 2 aromatic rings. The summed E-state index contributed by atoms with van der Waals surface area (Å²) in [5.74, 6) is 1.10. The Bertz CT molecular complexity index is 784. The summed E-state index contributed by atoms with van der Waals surface area (Å²) >= 11 is 0. The fraction of sp³-hybridized carbons (Fsp3) is 0.350. The maximum Gasteiger partial charge on any atom is 0.343 e. The van der Waals surface area contributed by atoms with Crippen LogP contribution in [0.4, 0.5) is 0 Å². The zero-order valence-electron chi connectivity index (χ0n) is 15.0. The summed E-state index contributed by atoms with van der Waals surface area (Å²) in [5.41, 5.74) is 1.49. The lowest BCUT2D eigenvalue weighted by molar-refractivity contribution is -0.0103. The molecule has 0 aromatic heterocycles. The van der Waals surface area contributed by atoms with Gasteiger partial charge in [0.2, 0.25) is 0 Å². The van der Waals surface area contributed by atoms with Gasteiger partial charge in [0, 0.05) is 11.6 Å². The zero-order valence-corrected chi connectivity index (χ0v) is 15.0. The third kappa shape index (κ3) is 3.32. The molecule has 2 aromatic carbocycles. The standard InChI is InChI=1S/C20H22O6/c1-4-9-25-13-7-5-12(6-8-13)18(21)19-15-10-14(23-2)11-16(24-3)17(15)20(22)26-19/h5-8,10-11,18-19,21H,4,9H2,1-3H3. The van der Waals surface area contributed by atoms with E-state index < -0.39 is 18.2 Å². The Kier molecular flexibility index (Phi) is 5.32. The summed E-state index contributed by atoms with van der Waals surface area (Å²) in [5, 5.41) is 10.8. The van der Waals surface area contributed by atoms with Crippen molar-refractivity contribution in [2.45, 2.75) is 25.6 Å². The number of aliphatic hydroxyl groups is 1. The minimum absolute atomic E-state index is 0.320. The first-order valence-electron chi connectivity index (χ1n) is 8.46. The SMILES string of the molecule is CCCOc1ccc(C(O)C2OC(=O)c3c(OC)cc(OC)cc32)cc1. The minimum Gasteiger partial charge on any atom is -0.497 e. The second-order valence-corrected chi connectivity index (χ2v) is 5.98. The van der Waals surface area contributed by atoms with Crippen LogP contribution < -0.4 is 14.2 Å². The van der Waals surface area contributed by atoms with Gasteiger partial charge in [-0.2, -0.15) is 0 Å². The van der Waals surface area contributed by atoms with Gasteiger partial charge in [0.15, 0.2) is 6.10 Å². The molecular formula is C20H22O6. The van der Waals surface area contributed by atoms with Crippen molar-refractivity contribution in [1.29, 1.82) is 0 Å². The number of fused-ring (bicyclic) bond motifs is 1. The Morgan fingerprint density at radius 3 is 2.46 bits per heavy atom. The Morgan fingerprint density at radius 1 is 1.12 bits per heavy atom. The van der Waals surface area contributed by atoms with Crippen LogP contribution in [-0.2, 0) is 4.74 Å². The largest absolute Gasteiger partial charge is 0.497 e. The number of hydrogen-bond donors (Lipinski definition) is 1. The average Bonchev–Trinajstić information content (AvgIpc) is 3.02. The number of rotatable bonds is 7. The highest BCUT2D eigenvalue weighted by molar-refractivity contribution is 5.97. The number of carbonyl (C=O) groups is 1. The molecule has 0 saturated carbocycles. The number of hydrogen-bond acceptors (Lipinski definition) is 6. The summed E-state index contributed by atoms with van der Waals surface area (Å²) in [7, 11) is 3.00. The highest BCUT2D eigenvalue weighted by Gasteiger charge is 2.39. The first-order valence-corrected chi connectivity index (χ1v) is 8.46. The number of carbonyl (C=O) groups excluding carboxylic acids is 1. The van der Waals surface area contributed by atoms with Gasteiger partial charge in [-0.25, -0.2) is 4.79 Å². The first-order chi connectivity index (χ1) is 12.6. The molecule has 138 valence electrons. The molecule has 3 rings (SSSR count). The molecule has 0 fully saturated rings. The normalized spacial score (nSPS) is 16.6. The van der Waals surface area contributed by atoms with Crippen molar-refractivity contribution in [3.63, 3.8) is 0 Å². The van der Waals surface area contributed by atoms with E-state index in [1.807, 2.05) is 6.92 Å². The highest BCUT2D eigenvalue weighted by atomic mass is 16.6. The molecular weight excluding hydrogens is 336 g/mol. The van der Waals surface area contributed by atoms with Gasteiger partial charge in [-0.3, -0.25) is 0 Å². The lowest BCUT2D eigenvalue weighted by Gasteiger charge is -2.19. The van der Waals surface area contributed by atoms with Crippen LogP contribution in [0.5, 0.6) is 17.2 Å². The molecule has 2 atom stereocenters. The summed E-state index contributed by atoms with van der Waals surface area (Å²) in [6, 6.07) is 10.4. The van der Waals surface area contributed by atoms with Gasteiger partial charge in [-0.15, -0.1) is 0 Å². The first kappa shape index (κ1) is 18.1. The van der Waals surface area contributed by atoms with Crippen LogP contribution in [0.3, 0.4) is 0 Å². The zero-order chi connectivity index (χ0) is 18.7. The molecule has 6 nitrogen and oxygen atoms in total. The molecule has 1 N–H and O–H groups in total. The van der Waals surface area contributed by atoms with Crippen molar-refractivity contribution < 1.29 is 28.8 Å². The molecule has 0 bridgehead atoms. The van der Waals surface area contributed by atoms with Gasteiger partial charge in [-0.05, 0) is 30.2 Å². The van der Waals surface area contributed by atoms with Crippen LogP contribution in [0.2, 0.25) is 0 Å². The summed E-state index contributed by atoms with van der Waals surface area (Å²) < 4.78 is 21.5. The highest BCUT2D eigenvalue weighted by Crippen LogP contribution is 2.45. The van der Waals surface area contributed by atoms with Gasteiger partial charge < -0.3 is 24.1 Å². The lowest BCUT2D eigenvalue weighted by atomic mass is 9.96. The second-order valence-electron chi connectivity index (χ2n) is 5.98. The fourth-order valence-corrected chi connectivity index (χ4v) is 2.96. The molecule has 0 saturated heterocycles. The predicted molar refractivity (Wildman–Crippen MR) is 94.9 cm³/mol. The van der Waals surface area contributed by atoms with E-state index in [9.17, 15) is 9.90 Å². The smallest absolute Gasteiger partial charge is 0.343 e. The quantitative estimate of drug-likeness (QED) is 0.765. The number of esters is 1. The predicted octanol–water partition coefficient (Wildman–Crippen LogP) is 3.44.